The zero-order chi connectivity index (χ0) is 16.5. The molecule has 0 saturated carbocycles. The summed E-state index contributed by atoms with van der Waals surface area (Å²) in [4.78, 5) is 25.7. The van der Waals surface area contributed by atoms with E-state index in [1.165, 1.54) is 11.9 Å². The highest BCUT2D eigenvalue weighted by Gasteiger charge is 2.37. The fraction of sp³-hybridized carbons (Fsp3) is 0.571. The minimum atomic E-state index is -3.24. The van der Waals surface area contributed by atoms with E-state index in [0.717, 1.165) is 0 Å². The van der Waals surface area contributed by atoms with E-state index in [0.29, 0.717) is 11.3 Å². The maximum absolute atomic E-state index is 12.6. The van der Waals surface area contributed by atoms with E-state index in [2.05, 4.69) is 5.32 Å². The molecular formula is C14H20N2O5S. The molecule has 2 amide bonds. The van der Waals surface area contributed by atoms with E-state index in [9.17, 15) is 18.0 Å². The predicted octanol–water partition coefficient (Wildman–Crippen LogP) is 0.272. The number of sulfone groups is 1. The molecule has 22 heavy (non-hydrogen) atoms. The number of carbonyl (C=O) groups is 2. The number of nitrogens with zero attached hydrogens (tertiary/aromatic N) is 1. The first-order valence-corrected chi connectivity index (χ1v) is 8.84. The van der Waals surface area contributed by atoms with Crippen molar-refractivity contribution in [3.05, 3.63) is 23.2 Å². The zero-order valence-electron chi connectivity index (χ0n) is 12.9. The largest absolute Gasteiger partial charge is 0.456 e. The van der Waals surface area contributed by atoms with Gasteiger partial charge in [-0.15, -0.1) is 0 Å². The van der Waals surface area contributed by atoms with Crippen molar-refractivity contribution in [1.29, 1.82) is 0 Å². The summed E-state index contributed by atoms with van der Waals surface area (Å²) in [6, 6.07) is 1.08. The lowest BCUT2D eigenvalue weighted by Gasteiger charge is -2.34. The molecule has 0 bridgehead atoms. The quantitative estimate of drug-likeness (QED) is 0.859. The topological polar surface area (TPSA) is 96.7 Å². The van der Waals surface area contributed by atoms with Gasteiger partial charge in [0, 0.05) is 25.6 Å². The molecule has 7 nitrogen and oxygen atoms in total. The average molecular weight is 328 g/mol. The van der Waals surface area contributed by atoms with Crippen LogP contribution in [0.15, 0.2) is 10.5 Å². The summed E-state index contributed by atoms with van der Waals surface area (Å²) in [5, 5.41) is 2.46. The molecule has 0 aliphatic carbocycles. The van der Waals surface area contributed by atoms with Crippen molar-refractivity contribution >= 4 is 21.7 Å². The Morgan fingerprint density at radius 1 is 1.41 bits per heavy atom. The molecule has 2 rings (SSSR count). The van der Waals surface area contributed by atoms with Crippen LogP contribution in [0.25, 0.3) is 0 Å². The van der Waals surface area contributed by atoms with Crippen molar-refractivity contribution in [2.45, 2.75) is 26.3 Å². The summed E-state index contributed by atoms with van der Waals surface area (Å²) in [5.41, 5.74) is 0.703. The number of furan rings is 1. The van der Waals surface area contributed by atoms with Gasteiger partial charge >= 0.3 is 0 Å². The number of aryl methyl sites for hydroxylation is 2. The summed E-state index contributed by atoms with van der Waals surface area (Å²) in [6.07, 6.45) is -0.0415. The van der Waals surface area contributed by atoms with Crippen LogP contribution in [0.3, 0.4) is 0 Å². The van der Waals surface area contributed by atoms with E-state index in [4.69, 9.17) is 4.42 Å². The van der Waals surface area contributed by atoms with Gasteiger partial charge in [0.15, 0.2) is 15.6 Å². The molecule has 122 valence electrons. The van der Waals surface area contributed by atoms with E-state index in [1.807, 2.05) is 0 Å². The molecule has 1 saturated heterocycles. The van der Waals surface area contributed by atoms with Crippen LogP contribution in [0.1, 0.15) is 28.3 Å². The molecule has 0 radical (unpaired) electrons. The van der Waals surface area contributed by atoms with Crippen LogP contribution in [-0.2, 0) is 14.6 Å². The van der Waals surface area contributed by atoms with Crippen molar-refractivity contribution < 1.29 is 22.4 Å². The lowest BCUT2D eigenvalue weighted by Crippen LogP contribution is -2.52. The Labute approximate surface area is 129 Å². The number of nitrogens with one attached hydrogen (secondary N) is 1. The third kappa shape index (κ3) is 3.49. The monoisotopic (exact) mass is 328 g/mol. The summed E-state index contributed by atoms with van der Waals surface area (Å²) in [6.45, 7) is 3.58. The Morgan fingerprint density at radius 2 is 2.09 bits per heavy atom. The van der Waals surface area contributed by atoms with Crippen molar-refractivity contribution in [3.63, 3.8) is 0 Å². The first-order valence-electron chi connectivity index (χ1n) is 7.02. The lowest BCUT2D eigenvalue weighted by atomic mass is 10.1. The molecule has 1 aromatic rings. The average Bonchev–Trinajstić information content (AvgIpc) is 2.76. The van der Waals surface area contributed by atoms with E-state index in [-0.39, 0.29) is 42.0 Å². The summed E-state index contributed by atoms with van der Waals surface area (Å²) < 4.78 is 29.0. The Bertz CT molecular complexity index is 692. The number of hydrogen-bond acceptors (Lipinski definition) is 5. The van der Waals surface area contributed by atoms with Crippen LogP contribution in [0.4, 0.5) is 0 Å². The molecule has 0 spiro atoms. The maximum atomic E-state index is 12.6. The lowest BCUT2D eigenvalue weighted by molar-refractivity contribution is -0.121. The van der Waals surface area contributed by atoms with Gasteiger partial charge in [0.2, 0.25) is 5.91 Å². The fourth-order valence-corrected chi connectivity index (χ4v) is 4.15. The van der Waals surface area contributed by atoms with Gasteiger partial charge < -0.3 is 14.6 Å². The highest BCUT2D eigenvalue weighted by molar-refractivity contribution is 7.91. The van der Waals surface area contributed by atoms with E-state index >= 15 is 0 Å². The predicted molar refractivity (Wildman–Crippen MR) is 80.3 cm³/mol. The maximum Gasteiger partial charge on any atom is 0.290 e. The van der Waals surface area contributed by atoms with Crippen LogP contribution >= 0.6 is 0 Å². The Balaban J connectivity index is 2.27. The first-order chi connectivity index (χ1) is 10.2. The Kier molecular flexibility index (Phi) is 4.60. The summed E-state index contributed by atoms with van der Waals surface area (Å²) in [7, 11) is -1.77. The molecule has 1 aliphatic rings. The normalized spacial score (nSPS) is 20.7. The number of hydrogen-bond donors (Lipinski definition) is 1. The zero-order valence-corrected chi connectivity index (χ0v) is 13.7. The second kappa shape index (κ2) is 6.12. The number of amides is 2. The van der Waals surface area contributed by atoms with Crippen LogP contribution in [0.5, 0.6) is 0 Å². The number of carbonyl (C=O) groups excluding carboxylic acids is 2. The second-order valence-electron chi connectivity index (χ2n) is 5.51. The molecular weight excluding hydrogens is 308 g/mol. The standard InChI is InChI=1S/C14H20N2O5S/c1-9-6-10(2)21-13(9)14(18)16-4-5-22(19,20)8-11(16)7-12(17)15-3/h6,11H,4-5,7-8H2,1-3H3,(H,15,17). The molecule has 1 aromatic heterocycles. The van der Waals surface area contributed by atoms with Crippen molar-refractivity contribution in [2.24, 2.45) is 0 Å². The van der Waals surface area contributed by atoms with Crippen LogP contribution in [-0.4, -0.2) is 56.3 Å². The second-order valence-corrected chi connectivity index (χ2v) is 7.74. The van der Waals surface area contributed by atoms with Crippen LogP contribution < -0.4 is 5.32 Å². The third-order valence-electron chi connectivity index (χ3n) is 3.73. The minimum absolute atomic E-state index is 0.0415. The van der Waals surface area contributed by atoms with Gasteiger partial charge in [0.05, 0.1) is 17.5 Å². The van der Waals surface area contributed by atoms with Crippen molar-refractivity contribution in [3.8, 4) is 0 Å². The SMILES string of the molecule is CNC(=O)CC1CS(=O)(=O)CCN1C(=O)c1oc(C)cc1C. The molecule has 2 heterocycles. The minimum Gasteiger partial charge on any atom is -0.456 e. The van der Waals surface area contributed by atoms with Gasteiger partial charge in [-0.3, -0.25) is 9.59 Å². The summed E-state index contributed by atoms with van der Waals surface area (Å²) >= 11 is 0. The van der Waals surface area contributed by atoms with Crippen LogP contribution in [0.2, 0.25) is 0 Å². The molecule has 1 aliphatic heterocycles. The molecule has 0 aromatic carbocycles. The van der Waals surface area contributed by atoms with Gasteiger partial charge in [0.1, 0.15) is 5.76 Å². The van der Waals surface area contributed by atoms with E-state index in [1.54, 1.807) is 19.9 Å². The van der Waals surface area contributed by atoms with Crippen molar-refractivity contribution in [1.82, 2.24) is 10.2 Å². The van der Waals surface area contributed by atoms with Gasteiger partial charge in [0.25, 0.3) is 5.91 Å². The smallest absolute Gasteiger partial charge is 0.290 e. The number of rotatable bonds is 3. The summed E-state index contributed by atoms with van der Waals surface area (Å²) in [5.74, 6) is -0.138. The van der Waals surface area contributed by atoms with Gasteiger partial charge in [-0.05, 0) is 19.9 Å². The molecule has 8 heteroatoms. The highest BCUT2D eigenvalue weighted by atomic mass is 32.2. The van der Waals surface area contributed by atoms with E-state index < -0.39 is 15.9 Å². The Hall–Kier alpha value is -1.83. The highest BCUT2D eigenvalue weighted by Crippen LogP contribution is 2.21. The molecule has 1 fully saturated rings. The van der Waals surface area contributed by atoms with Gasteiger partial charge in [-0.25, -0.2) is 8.42 Å². The van der Waals surface area contributed by atoms with Gasteiger partial charge in [-0.1, -0.05) is 0 Å². The van der Waals surface area contributed by atoms with Gasteiger partial charge in [-0.2, -0.15) is 0 Å². The first kappa shape index (κ1) is 16.5. The molecule has 1 N–H and O–H groups in total. The molecule has 1 unspecified atom stereocenters. The molecule has 1 atom stereocenters. The van der Waals surface area contributed by atoms with Crippen LogP contribution in [0, 0.1) is 13.8 Å². The van der Waals surface area contributed by atoms with Crippen molar-refractivity contribution in [2.75, 3.05) is 25.1 Å². The third-order valence-corrected chi connectivity index (χ3v) is 5.42. The fourth-order valence-electron chi connectivity index (χ4n) is 2.62. The Morgan fingerprint density at radius 3 is 2.64 bits per heavy atom.